The summed E-state index contributed by atoms with van der Waals surface area (Å²) in [6.45, 7) is 10.0. The molecule has 1 aromatic carbocycles. The summed E-state index contributed by atoms with van der Waals surface area (Å²) >= 11 is 0. The summed E-state index contributed by atoms with van der Waals surface area (Å²) in [5.74, 6) is 1.43. The molecule has 0 bridgehead atoms. The first kappa shape index (κ1) is 23.0. The molecule has 5 N–H and O–H groups in total. The predicted molar refractivity (Wildman–Crippen MR) is 130 cm³/mol. The van der Waals surface area contributed by atoms with Crippen LogP contribution in [0.4, 0.5) is 6.01 Å². The van der Waals surface area contributed by atoms with Gasteiger partial charge in [-0.05, 0) is 36.8 Å². The van der Waals surface area contributed by atoms with Gasteiger partial charge in [-0.25, -0.2) is 4.99 Å². The molecule has 1 aliphatic carbocycles. The molecule has 176 valence electrons. The maximum absolute atomic E-state index is 9.15. The fraction of sp³-hybridized carbons (Fsp3) is 0.458. The van der Waals surface area contributed by atoms with E-state index in [-0.39, 0.29) is 17.8 Å². The Bertz CT molecular complexity index is 1020. The molecule has 0 spiro atoms. The van der Waals surface area contributed by atoms with Crippen molar-refractivity contribution in [1.82, 2.24) is 15.0 Å². The van der Waals surface area contributed by atoms with Gasteiger partial charge in [-0.15, -0.1) is 0 Å². The van der Waals surface area contributed by atoms with Crippen molar-refractivity contribution in [3.05, 3.63) is 59.8 Å². The smallest absolute Gasteiger partial charge is 0.324 e. The standard InChI is InChI=1S/C24H33N7O2/c1-17(26)27-16-19(15-25)18-3-5-20(6-4-18)24(2,21-7-8-21)22-28-23(33-29-22)31-11-9-30(10-12-31)13-14-32/h3-6,15-16,21,32H,1,7-14,25-26H2,2H3/b19-15+,27-16-. The normalized spacial score (nSPS) is 19.7. The van der Waals surface area contributed by atoms with Gasteiger partial charge in [-0.3, -0.25) is 4.90 Å². The van der Waals surface area contributed by atoms with Gasteiger partial charge in [0.05, 0.1) is 12.0 Å². The first-order chi connectivity index (χ1) is 16.0. The third-order valence-corrected chi connectivity index (χ3v) is 6.70. The van der Waals surface area contributed by atoms with Gasteiger partial charge in [0.2, 0.25) is 0 Å². The lowest BCUT2D eigenvalue weighted by Crippen LogP contribution is -2.47. The van der Waals surface area contributed by atoms with Crippen molar-refractivity contribution < 1.29 is 9.63 Å². The van der Waals surface area contributed by atoms with E-state index in [1.165, 1.54) is 6.20 Å². The monoisotopic (exact) mass is 451 g/mol. The van der Waals surface area contributed by atoms with Gasteiger partial charge in [0, 0.05) is 50.7 Å². The topological polar surface area (TPSA) is 130 Å². The molecule has 0 amide bonds. The lowest BCUT2D eigenvalue weighted by molar-refractivity contribution is 0.186. The quantitative estimate of drug-likeness (QED) is 0.491. The number of nitrogens with two attached hydrogens (primary N) is 2. The number of aliphatic hydroxyl groups excluding tert-OH is 1. The number of piperazine rings is 1. The Labute approximate surface area is 194 Å². The molecule has 1 aliphatic heterocycles. The van der Waals surface area contributed by atoms with Gasteiger partial charge in [0.15, 0.2) is 5.82 Å². The number of hydrogen-bond acceptors (Lipinski definition) is 9. The average Bonchev–Trinajstić information content (AvgIpc) is 3.57. The van der Waals surface area contributed by atoms with E-state index in [0.29, 0.717) is 18.5 Å². The van der Waals surface area contributed by atoms with E-state index in [0.717, 1.165) is 61.5 Å². The van der Waals surface area contributed by atoms with Gasteiger partial charge in [0.25, 0.3) is 0 Å². The van der Waals surface area contributed by atoms with Crippen LogP contribution in [0.5, 0.6) is 0 Å². The number of aromatic nitrogens is 2. The van der Waals surface area contributed by atoms with Gasteiger partial charge in [0.1, 0.15) is 5.82 Å². The van der Waals surface area contributed by atoms with Crippen molar-refractivity contribution in [2.24, 2.45) is 22.4 Å². The maximum atomic E-state index is 9.15. The van der Waals surface area contributed by atoms with E-state index < -0.39 is 0 Å². The van der Waals surface area contributed by atoms with Crippen molar-refractivity contribution in [3.63, 3.8) is 0 Å². The zero-order chi connectivity index (χ0) is 23.4. The zero-order valence-corrected chi connectivity index (χ0v) is 19.2. The minimum absolute atomic E-state index is 0.181. The molecule has 1 atom stereocenters. The van der Waals surface area contributed by atoms with Crippen LogP contribution in [-0.4, -0.2) is 65.7 Å². The van der Waals surface area contributed by atoms with Crippen LogP contribution in [0.15, 0.2) is 52.4 Å². The summed E-state index contributed by atoms with van der Waals surface area (Å²) < 4.78 is 5.71. The first-order valence-corrected chi connectivity index (χ1v) is 11.4. The number of allylic oxidation sites excluding steroid dienone is 1. The molecular formula is C24H33N7O2. The fourth-order valence-corrected chi connectivity index (χ4v) is 4.44. The molecule has 33 heavy (non-hydrogen) atoms. The average molecular weight is 452 g/mol. The van der Waals surface area contributed by atoms with Crippen molar-refractivity contribution >= 4 is 17.8 Å². The molecule has 2 heterocycles. The van der Waals surface area contributed by atoms with E-state index in [1.54, 1.807) is 6.21 Å². The third-order valence-electron chi connectivity index (χ3n) is 6.70. The van der Waals surface area contributed by atoms with E-state index in [9.17, 15) is 0 Å². The van der Waals surface area contributed by atoms with Gasteiger partial charge < -0.3 is 26.0 Å². The van der Waals surface area contributed by atoms with E-state index in [1.807, 2.05) is 12.1 Å². The number of rotatable bonds is 9. The summed E-state index contributed by atoms with van der Waals surface area (Å²) in [7, 11) is 0. The highest BCUT2D eigenvalue weighted by Gasteiger charge is 2.47. The molecule has 1 saturated heterocycles. The summed E-state index contributed by atoms with van der Waals surface area (Å²) in [6, 6.07) is 8.84. The molecule has 9 heteroatoms. The van der Waals surface area contributed by atoms with Crippen LogP contribution in [0, 0.1) is 5.92 Å². The lowest BCUT2D eigenvalue weighted by Gasteiger charge is -2.33. The number of hydrogen-bond donors (Lipinski definition) is 3. The van der Waals surface area contributed by atoms with Crippen molar-refractivity contribution in [3.8, 4) is 0 Å². The summed E-state index contributed by atoms with van der Waals surface area (Å²) in [6.07, 6.45) is 5.40. The second kappa shape index (κ2) is 9.76. The number of nitrogens with zero attached hydrogens (tertiary/aromatic N) is 5. The zero-order valence-electron chi connectivity index (χ0n) is 19.2. The predicted octanol–water partition coefficient (Wildman–Crippen LogP) is 1.70. The van der Waals surface area contributed by atoms with Crippen LogP contribution in [-0.2, 0) is 5.41 Å². The molecule has 0 radical (unpaired) electrons. The molecule has 1 saturated carbocycles. The number of anilines is 1. The second-order valence-corrected chi connectivity index (χ2v) is 8.88. The van der Waals surface area contributed by atoms with E-state index >= 15 is 0 Å². The van der Waals surface area contributed by atoms with Crippen molar-refractivity contribution in [2.45, 2.75) is 25.2 Å². The van der Waals surface area contributed by atoms with Crippen molar-refractivity contribution in [1.29, 1.82) is 0 Å². The van der Waals surface area contributed by atoms with Crippen LogP contribution in [0.1, 0.15) is 36.7 Å². The number of aliphatic hydroxyl groups is 1. The van der Waals surface area contributed by atoms with Gasteiger partial charge in [-0.1, -0.05) is 36.0 Å². The highest BCUT2D eigenvalue weighted by Crippen LogP contribution is 2.50. The van der Waals surface area contributed by atoms with Gasteiger partial charge >= 0.3 is 6.01 Å². The lowest BCUT2D eigenvalue weighted by atomic mass is 9.76. The summed E-state index contributed by atoms with van der Waals surface area (Å²) in [5.41, 5.74) is 13.8. The summed E-state index contributed by atoms with van der Waals surface area (Å²) in [4.78, 5) is 13.3. The molecule has 2 aromatic rings. The van der Waals surface area contributed by atoms with Crippen LogP contribution >= 0.6 is 0 Å². The Morgan fingerprint density at radius 3 is 2.55 bits per heavy atom. The Morgan fingerprint density at radius 2 is 1.97 bits per heavy atom. The Hall–Kier alpha value is -3.17. The molecule has 2 aliphatic rings. The van der Waals surface area contributed by atoms with Gasteiger partial charge in [-0.2, -0.15) is 4.98 Å². The summed E-state index contributed by atoms with van der Waals surface area (Å²) in [5, 5.41) is 13.6. The second-order valence-electron chi connectivity index (χ2n) is 8.88. The van der Waals surface area contributed by atoms with Crippen molar-refractivity contribution in [2.75, 3.05) is 44.2 Å². The van der Waals surface area contributed by atoms with Crippen LogP contribution in [0.25, 0.3) is 5.57 Å². The molecule has 4 rings (SSSR count). The first-order valence-electron chi connectivity index (χ1n) is 11.4. The number of aliphatic imine (C=N–C) groups is 1. The van der Waals surface area contributed by atoms with E-state index in [2.05, 4.69) is 45.6 Å². The highest BCUT2D eigenvalue weighted by atomic mass is 16.5. The van der Waals surface area contributed by atoms with E-state index in [4.69, 9.17) is 26.1 Å². The maximum Gasteiger partial charge on any atom is 0.324 e. The molecular weight excluding hydrogens is 418 g/mol. The Kier molecular flexibility index (Phi) is 6.80. The molecule has 1 unspecified atom stereocenters. The number of benzene rings is 1. The molecule has 9 nitrogen and oxygen atoms in total. The SMILES string of the molecule is C=C(N)/N=C\C(=C/N)c1ccc(C(C)(c2noc(N3CCN(CCO)CC3)n2)C2CC2)cc1. The molecule has 1 aromatic heterocycles. The van der Waals surface area contributed by atoms with Crippen LogP contribution in [0.3, 0.4) is 0 Å². The highest BCUT2D eigenvalue weighted by molar-refractivity contribution is 6.09. The number of β-amino-alcohol motifs (C(OH)–C–C–N with tert-alkyl or cyclic N) is 1. The fourth-order valence-electron chi connectivity index (χ4n) is 4.44. The molecule has 2 fully saturated rings. The minimum atomic E-state index is -0.328. The Balaban J connectivity index is 1.54. The minimum Gasteiger partial charge on any atom is -0.404 e. The third kappa shape index (κ3) is 4.94. The van der Waals surface area contributed by atoms with Crippen LogP contribution < -0.4 is 16.4 Å². The largest absolute Gasteiger partial charge is 0.404 e. The Morgan fingerprint density at radius 1 is 1.27 bits per heavy atom. The van der Waals surface area contributed by atoms with Crippen LogP contribution in [0.2, 0.25) is 0 Å².